The van der Waals surface area contributed by atoms with Crippen molar-refractivity contribution in [3.05, 3.63) is 97.4 Å². The Morgan fingerprint density at radius 3 is 1.96 bits per heavy atom. The van der Waals surface area contributed by atoms with Gasteiger partial charge in [0.25, 0.3) is 0 Å². The van der Waals surface area contributed by atoms with E-state index in [0.29, 0.717) is 0 Å². The van der Waals surface area contributed by atoms with Crippen molar-refractivity contribution in [2.24, 2.45) is 0 Å². The van der Waals surface area contributed by atoms with Crippen LogP contribution in [0.25, 0.3) is 12.3 Å². The maximum Gasteiger partial charge on any atom is 0.248 e. The molecule has 0 fully saturated rings. The minimum absolute atomic E-state index is 0.863. The first kappa shape index (κ1) is 15.0. The molecule has 114 valence electrons. The third-order valence-corrected chi connectivity index (χ3v) is 3.83. The Kier molecular flexibility index (Phi) is 4.48. The van der Waals surface area contributed by atoms with Gasteiger partial charge in [-0.05, 0) is 11.1 Å². The van der Waals surface area contributed by atoms with Crippen LogP contribution < -0.4 is 9.13 Å². The van der Waals surface area contributed by atoms with Crippen LogP contribution in [0.15, 0.2) is 80.7 Å². The summed E-state index contributed by atoms with van der Waals surface area (Å²) in [6.45, 7) is 9.27. The van der Waals surface area contributed by atoms with E-state index in [1.807, 2.05) is 29.4 Å². The molecule has 1 aromatic carbocycles. The summed E-state index contributed by atoms with van der Waals surface area (Å²) in [7, 11) is 0. The summed E-state index contributed by atoms with van der Waals surface area (Å²) in [5.41, 5.74) is 3.71. The third kappa shape index (κ3) is 3.83. The zero-order chi connectivity index (χ0) is 16.1. The Bertz CT molecular complexity index is 796. The summed E-state index contributed by atoms with van der Waals surface area (Å²) < 4.78 is 6.25. The molecule has 3 nitrogen and oxygen atoms in total. The second kappa shape index (κ2) is 6.88. The largest absolute Gasteiger partial charge is 0.248 e. The zero-order valence-electron chi connectivity index (χ0n) is 13.2. The fourth-order valence-electron chi connectivity index (χ4n) is 2.49. The Balaban J connectivity index is 1.66. The molecule has 0 aliphatic carbocycles. The van der Waals surface area contributed by atoms with Crippen LogP contribution in [-0.4, -0.2) is 4.57 Å². The van der Waals surface area contributed by atoms with Crippen molar-refractivity contribution in [2.75, 3.05) is 0 Å². The molecule has 3 heteroatoms. The lowest BCUT2D eigenvalue weighted by molar-refractivity contribution is -0.688. The number of pyridine rings is 1. The summed E-state index contributed by atoms with van der Waals surface area (Å²) in [4.78, 5) is 0. The van der Waals surface area contributed by atoms with Gasteiger partial charge < -0.3 is 0 Å². The summed E-state index contributed by atoms with van der Waals surface area (Å²) in [5.74, 6) is 0. The fourth-order valence-corrected chi connectivity index (χ4v) is 2.49. The summed E-state index contributed by atoms with van der Waals surface area (Å²) in [5, 5.41) is 0. The Morgan fingerprint density at radius 1 is 0.826 bits per heavy atom. The van der Waals surface area contributed by atoms with Crippen LogP contribution in [0.3, 0.4) is 0 Å². The van der Waals surface area contributed by atoms with Gasteiger partial charge in [0.2, 0.25) is 6.33 Å². The molecule has 2 heterocycles. The predicted octanol–water partition coefficient (Wildman–Crippen LogP) is 2.90. The number of hydrogen-bond donors (Lipinski definition) is 0. The number of benzene rings is 1. The SMILES string of the molecule is C=Cc1cc[n+](Cc2ccc(C[n+]3ccn(C=C)c3)cc2)cc1. The first-order chi connectivity index (χ1) is 11.3. The number of hydrogen-bond acceptors (Lipinski definition) is 0. The lowest BCUT2D eigenvalue weighted by Crippen LogP contribution is -2.33. The summed E-state index contributed by atoms with van der Waals surface area (Å²) in [6.07, 6.45) is 13.9. The fraction of sp³-hybridized carbons (Fsp3) is 0.100. The smallest absolute Gasteiger partial charge is 0.232 e. The van der Waals surface area contributed by atoms with Gasteiger partial charge in [0.15, 0.2) is 18.9 Å². The molecule has 3 rings (SSSR count). The van der Waals surface area contributed by atoms with E-state index in [1.54, 1.807) is 6.20 Å². The van der Waals surface area contributed by atoms with Crippen molar-refractivity contribution in [1.29, 1.82) is 0 Å². The average molecular weight is 303 g/mol. The van der Waals surface area contributed by atoms with E-state index >= 15 is 0 Å². The molecule has 0 aliphatic heterocycles. The van der Waals surface area contributed by atoms with Crippen LogP contribution in [0.5, 0.6) is 0 Å². The Morgan fingerprint density at radius 2 is 1.43 bits per heavy atom. The predicted molar refractivity (Wildman–Crippen MR) is 92.4 cm³/mol. The Labute approximate surface area is 137 Å². The lowest BCUT2D eigenvalue weighted by atomic mass is 10.1. The second-order valence-electron chi connectivity index (χ2n) is 5.54. The standard InChI is InChI=1S/C20H21N3/c1-3-18-9-11-22(12-10-18)15-19-5-7-20(8-6-19)16-23-14-13-21(4-2)17-23/h3-14,17H,1-2,15-16H2/q+2. The first-order valence-electron chi connectivity index (χ1n) is 7.65. The third-order valence-electron chi connectivity index (χ3n) is 3.83. The number of imidazole rings is 1. The summed E-state index contributed by atoms with van der Waals surface area (Å²) >= 11 is 0. The van der Waals surface area contributed by atoms with Crippen molar-refractivity contribution in [2.45, 2.75) is 13.1 Å². The normalized spacial score (nSPS) is 10.4. The van der Waals surface area contributed by atoms with Crippen molar-refractivity contribution >= 4 is 12.3 Å². The molecular formula is C20H21N3+2. The Hall–Kier alpha value is -2.94. The van der Waals surface area contributed by atoms with Crippen LogP contribution in [0.4, 0.5) is 0 Å². The number of aromatic nitrogens is 3. The van der Waals surface area contributed by atoms with Gasteiger partial charge in [0.1, 0.15) is 18.9 Å². The number of rotatable bonds is 6. The molecule has 0 saturated carbocycles. The maximum atomic E-state index is 3.78. The van der Waals surface area contributed by atoms with E-state index in [0.717, 1.165) is 18.7 Å². The molecule has 0 unspecified atom stereocenters. The molecule has 0 spiro atoms. The minimum atomic E-state index is 0.863. The molecule has 0 saturated heterocycles. The quantitative estimate of drug-likeness (QED) is 0.621. The van der Waals surface area contributed by atoms with Gasteiger partial charge in [0, 0.05) is 17.7 Å². The van der Waals surface area contributed by atoms with Gasteiger partial charge in [-0.15, -0.1) is 0 Å². The molecule has 0 atom stereocenters. The van der Waals surface area contributed by atoms with E-state index in [9.17, 15) is 0 Å². The molecule has 0 bridgehead atoms. The second-order valence-corrected chi connectivity index (χ2v) is 5.54. The highest BCUT2D eigenvalue weighted by Crippen LogP contribution is 2.05. The highest BCUT2D eigenvalue weighted by molar-refractivity contribution is 5.44. The monoisotopic (exact) mass is 303 g/mol. The van der Waals surface area contributed by atoms with Crippen LogP contribution in [-0.2, 0) is 13.1 Å². The molecule has 0 N–H and O–H groups in total. The van der Waals surface area contributed by atoms with Crippen LogP contribution in [0, 0.1) is 0 Å². The van der Waals surface area contributed by atoms with E-state index in [2.05, 4.69) is 71.1 Å². The molecule has 3 aromatic rings. The maximum absolute atomic E-state index is 3.78. The van der Waals surface area contributed by atoms with E-state index in [4.69, 9.17) is 0 Å². The molecule has 2 aromatic heterocycles. The van der Waals surface area contributed by atoms with Crippen molar-refractivity contribution < 1.29 is 9.13 Å². The van der Waals surface area contributed by atoms with Crippen molar-refractivity contribution in [1.82, 2.24) is 4.57 Å². The van der Waals surface area contributed by atoms with Gasteiger partial charge in [0.05, 0.1) is 6.20 Å². The zero-order valence-corrected chi connectivity index (χ0v) is 13.2. The molecular weight excluding hydrogens is 282 g/mol. The minimum Gasteiger partial charge on any atom is -0.232 e. The van der Waals surface area contributed by atoms with Gasteiger partial charge in [-0.1, -0.05) is 43.5 Å². The lowest BCUT2D eigenvalue weighted by Gasteiger charge is -2.01. The number of nitrogens with zero attached hydrogens (tertiary/aromatic N) is 3. The van der Waals surface area contributed by atoms with E-state index in [1.165, 1.54) is 11.1 Å². The topological polar surface area (TPSA) is 12.7 Å². The highest BCUT2D eigenvalue weighted by Gasteiger charge is 2.05. The van der Waals surface area contributed by atoms with Crippen LogP contribution >= 0.6 is 0 Å². The molecule has 0 aliphatic rings. The van der Waals surface area contributed by atoms with Gasteiger partial charge in [-0.2, -0.15) is 0 Å². The van der Waals surface area contributed by atoms with Crippen LogP contribution in [0.2, 0.25) is 0 Å². The average Bonchev–Trinajstić information content (AvgIpc) is 3.05. The molecule has 23 heavy (non-hydrogen) atoms. The van der Waals surface area contributed by atoms with Gasteiger partial charge in [-0.25, -0.2) is 13.7 Å². The molecule has 0 radical (unpaired) electrons. The summed E-state index contributed by atoms with van der Waals surface area (Å²) in [6, 6.07) is 12.9. The van der Waals surface area contributed by atoms with Gasteiger partial charge >= 0.3 is 0 Å². The van der Waals surface area contributed by atoms with E-state index < -0.39 is 0 Å². The first-order valence-corrected chi connectivity index (χ1v) is 7.65. The van der Waals surface area contributed by atoms with Crippen molar-refractivity contribution in [3.63, 3.8) is 0 Å². The van der Waals surface area contributed by atoms with E-state index in [-0.39, 0.29) is 0 Å². The highest BCUT2D eigenvalue weighted by atomic mass is 15.1. The van der Waals surface area contributed by atoms with Crippen LogP contribution in [0.1, 0.15) is 16.7 Å². The van der Waals surface area contributed by atoms with Crippen molar-refractivity contribution in [3.8, 4) is 0 Å². The molecule has 0 amide bonds. The van der Waals surface area contributed by atoms with Gasteiger partial charge in [-0.3, -0.25) is 0 Å².